The van der Waals surface area contributed by atoms with Crippen molar-refractivity contribution in [2.75, 3.05) is 32.2 Å². The molecular weight excluding hydrogens is 254 g/mol. The first-order chi connectivity index (χ1) is 9.69. The minimum atomic E-state index is 0.338. The largest absolute Gasteiger partial charge is 0.486 e. The van der Waals surface area contributed by atoms with E-state index in [1.165, 1.54) is 0 Å². The molecule has 0 saturated carbocycles. The maximum Gasteiger partial charge on any atom is 0.163 e. The molecule has 5 nitrogen and oxygen atoms in total. The lowest BCUT2D eigenvalue weighted by atomic mass is 10.1. The monoisotopic (exact) mass is 269 g/mol. The van der Waals surface area contributed by atoms with Gasteiger partial charge in [0.15, 0.2) is 11.5 Å². The highest BCUT2D eigenvalue weighted by molar-refractivity contribution is 5.85. The third-order valence-electron chi connectivity index (χ3n) is 3.23. The van der Waals surface area contributed by atoms with Crippen molar-refractivity contribution >= 4 is 16.7 Å². The molecule has 0 aliphatic carbocycles. The van der Waals surface area contributed by atoms with Crippen LogP contribution < -0.4 is 14.4 Å². The Hall–Kier alpha value is -2.48. The highest BCUT2D eigenvalue weighted by atomic mass is 16.6. The van der Waals surface area contributed by atoms with E-state index in [1.807, 2.05) is 37.2 Å². The van der Waals surface area contributed by atoms with Gasteiger partial charge < -0.3 is 14.4 Å². The van der Waals surface area contributed by atoms with E-state index in [4.69, 9.17) is 14.7 Å². The summed E-state index contributed by atoms with van der Waals surface area (Å²) in [5.41, 5.74) is 1.77. The number of rotatable bonds is 2. The summed E-state index contributed by atoms with van der Waals surface area (Å²) in [7, 11) is 3.85. The number of anilines is 1. The van der Waals surface area contributed by atoms with E-state index in [0.717, 1.165) is 33.8 Å². The Kier molecular flexibility index (Phi) is 3.07. The second-order valence-corrected chi connectivity index (χ2v) is 4.89. The van der Waals surface area contributed by atoms with E-state index in [0.29, 0.717) is 19.6 Å². The van der Waals surface area contributed by atoms with E-state index in [1.54, 1.807) is 0 Å². The van der Waals surface area contributed by atoms with Crippen LogP contribution in [0.25, 0.3) is 10.9 Å². The third kappa shape index (κ3) is 2.10. The number of hydrogen-bond acceptors (Lipinski definition) is 5. The Labute approximate surface area is 117 Å². The fourth-order valence-corrected chi connectivity index (χ4v) is 2.35. The van der Waals surface area contributed by atoms with E-state index < -0.39 is 0 Å². The highest BCUT2D eigenvalue weighted by Crippen LogP contribution is 2.35. The number of nitriles is 1. The van der Waals surface area contributed by atoms with E-state index in [2.05, 4.69) is 11.1 Å². The van der Waals surface area contributed by atoms with E-state index in [-0.39, 0.29) is 0 Å². The van der Waals surface area contributed by atoms with E-state index >= 15 is 0 Å². The standard InChI is InChI=1S/C15H15N3O2/c1-18(2)15-10(3-4-16)7-11-8-13-14(9-12(11)17-15)20-6-5-19-13/h7-9H,3,5-6H2,1-2H3. The minimum absolute atomic E-state index is 0.338. The normalized spacial score (nSPS) is 13.1. The van der Waals surface area contributed by atoms with Gasteiger partial charge in [-0.2, -0.15) is 5.26 Å². The number of benzene rings is 1. The fourth-order valence-electron chi connectivity index (χ4n) is 2.35. The third-order valence-corrected chi connectivity index (χ3v) is 3.23. The molecule has 2 heterocycles. The Morgan fingerprint density at radius 3 is 2.55 bits per heavy atom. The first-order valence-electron chi connectivity index (χ1n) is 6.46. The number of aromatic nitrogens is 1. The summed E-state index contributed by atoms with van der Waals surface area (Å²) in [6.45, 7) is 1.12. The van der Waals surface area contributed by atoms with Gasteiger partial charge in [0, 0.05) is 31.1 Å². The molecule has 0 amide bonds. The van der Waals surface area contributed by atoms with Gasteiger partial charge in [-0.25, -0.2) is 4.98 Å². The molecule has 1 aliphatic heterocycles. The predicted octanol–water partition coefficient (Wildman–Crippen LogP) is 2.14. The molecular formula is C15H15N3O2. The minimum Gasteiger partial charge on any atom is -0.486 e. The summed E-state index contributed by atoms with van der Waals surface area (Å²) >= 11 is 0. The van der Waals surface area contributed by atoms with Crippen LogP contribution in [0.2, 0.25) is 0 Å². The molecule has 20 heavy (non-hydrogen) atoms. The van der Waals surface area contributed by atoms with Crippen LogP contribution in [0.5, 0.6) is 11.5 Å². The average Bonchev–Trinajstić information content (AvgIpc) is 2.44. The van der Waals surface area contributed by atoms with Crippen molar-refractivity contribution in [1.82, 2.24) is 4.98 Å². The topological polar surface area (TPSA) is 58.4 Å². The zero-order chi connectivity index (χ0) is 14.1. The Balaban J connectivity index is 2.20. The van der Waals surface area contributed by atoms with Gasteiger partial charge in [-0.05, 0) is 12.1 Å². The molecule has 0 spiro atoms. The van der Waals surface area contributed by atoms with Crippen molar-refractivity contribution in [1.29, 1.82) is 5.26 Å². The molecule has 1 aromatic carbocycles. The molecule has 1 aromatic heterocycles. The number of pyridine rings is 1. The first kappa shape index (κ1) is 12.5. The van der Waals surface area contributed by atoms with Crippen molar-refractivity contribution in [3.8, 4) is 17.6 Å². The maximum atomic E-state index is 8.95. The van der Waals surface area contributed by atoms with Gasteiger partial charge >= 0.3 is 0 Å². The van der Waals surface area contributed by atoms with Crippen LogP contribution >= 0.6 is 0 Å². The van der Waals surface area contributed by atoms with Crippen LogP contribution in [0.1, 0.15) is 5.56 Å². The van der Waals surface area contributed by atoms with Gasteiger partial charge in [-0.1, -0.05) is 0 Å². The molecule has 3 rings (SSSR count). The molecule has 2 aromatic rings. The Bertz CT molecular complexity index is 704. The first-order valence-corrected chi connectivity index (χ1v) is 6.46. The lowest BCUT2D eigenvalue weighted by molar-refractivity contribution is 0.172. The van der Waals surface area contributed by atoms with Crippen molar-refractivity contribution in [2.45, 2.75) is 6.42 Å². The van der Waals surface area contributed by atoms with Crippen LogP contribution in [0.3, 0.4) is 0 Å². The second kappa shape index (κ2) is 4.89. The molecule has 0 N–H and O–H groups in total. The van der Waals surface area contributed by atoms with Crippen molar-refractivity contribution in [3.63, 3.8) is 0 Å². The van der Waals surface area contributed by atoms with Crippen molar-refractivity contribution in [2.24, 2.45) is 0 Å². The van der Waals surface area contributed by atoms with Crippen LogP contribution in [-0.4, -0.2) is 32.3 Å². The molecule has 0 atom stereocenters. The number of fused-ring (bicyclic) bond motifs is 2. The molecule has 0 unspecified atom stereocenters. The van der Waals surface area contributed by atoms with Gasteiger partial charge in [0.1, 0.15) is 19.0 Å². The van der Waals surface area contributed by atoms with Crippen molar-refractivity contribution < 1.29 is 9.47 Å². The Morgan fingerprint density at radius 2 is 1.90 bits per heavy atom. The average molecular weight is 269 g/mol. The molecule has 5 heteroatoms. The number of hydrogen-bond donors (Lipinski definition) is 0. The van der Waals surface area contributed by atoms with Gasteiger partial charge in [-0.15, -0.1) is 0 Å². The fraction of sp³-hybridized carbons (Fsp3) is 0.333. The van der Waals surface area contributed by atoms with Gasteiger partial charge in [0.2, 0.25) is 0 Å². The quantitative estimate of drug-likeness (QED) is 0.836. The van der Waals surface area contributed by atoms with Gasteiger partial charge in [-0.3, -0.25) is 0 Å². The van der Waals surface area contributed by atoms with Crippen LogP contribution in [0.4, 0.5) is 5.82 Å². The maximum absolute atomic E-state index is 8.95. The smallest absolute Gasteiger partial charge is 0.163 e. The molecule has 0 saturated heterocycles. The Morgan fingerprint density at radius 1 is 1.20 bits per heavy atom. The van der Waals surface area contributed by atoms with Crippen LogP contribution in [0.15, 0.2) is 18.2 Å². The summed E-state index contributed by atoms with van der Waals surface area (Å²) in [6.07, 6.45) is 0.338. The summed E-state index contributed by atoms with van der Waals surface area (Å²) < 4.78 is 11.2. The number of ether oxygens (including phenoxy) is 2. The molecule has 0 bridgehead atoms. The summed E-state index contributed by atoms with van der Waals surface area (Å²) in [5, 5.41) is 9.91. The zero-order valence-electron chi connectivity index (χ0n) is 11.5. The summed E-state index contributed by atoms with van der Waals surface area (Å²) in [5.74, 6) is 2.29. The van der Waals surface area contributed by atoms with Crippen LogP contribution in [0, 0.1) is 11.3 Å². The highest BCUT2D eigenvalue weighted by Gasteiger charge is 2.15. The number of nitrogens with zero attached hydrogens (tertiary/aromatic N) is 3. The molecule has 102 valence electrons. The lowest BCUT2D eigenvalue weighted by Gasteiger charge is -2.20. The predicted molar refractivity (Wildman–Crippen MR) is 76.4 cm³/mol. The van der Waals surface area contributed by atoms with Crippen molar-refractivity contribution in [3.05, 3.63) is 23.8 Å². The van der Waals surface area contributed by atoms with Gasteiger partial charge in [0.25, 0.3) is 0 Å². The second-order valence-electron chi connectivity index (χ2n) is 4.89. The summed E-state index contributed by atoms with van der Waals surface area (Å²) in [6, 6.07) is 8.01. The van der Waals surface area contributed by atoms with Crippen LogP contribution in [-0.2, 0) is 6.42 Å². The molecule has 1 aliphatic rings. The molecule has 0 fully saturated rings. The molecule has 0 radical (unpaired) electrons. The SMILES string of the molecule is CN(C)c1nc2cc3c(cc2cc1CC#N)OCCO3. The summed E-state index contributed by atoms with van der Waals surface area (Å²) in [4.78, 5) is 6.56. The zero-order valence-corrected chi connectivity index (χ0v) is 11.5. The van der Waals surface area contributed by atoms with E-state index in [9.17, 15) is 0 Å². The lowest BCUT2D eigenvalue weighted by Crippen LogP contribution is -2.16. The van der Waals surface area contributed by atoms with Gasteiger partial charge in [0.05, 0.1) is 18.0 Å².